The molecule has 3 rings (SSSR count). The molecule has 2 heterocycles. The van der Waals surface area contributed by atoms with Crippen LogP contribution in [-0.4, -0.2) is 24.5 Å². The summed E-state index contributed by atoms with van der Waals surface area (Å²) < 4.78 is 42.3. The lowest BCUT2D eigenvalue weighted by atomic mass is 10.1. The van der Waals surface area contributed by atoms with Crippen LogP contribution in [0.2, 0.25) is 0 Å². The van der Waals surface area contributed by atoms with E-state index >= 15 is 0 Å². The largest absolute Gasteiger partial charge is 0.317 e. The Hall–Kier alpha value is -2.64. The molecule has 8 heteroatoms. The lowest BCUT2D eigenvalue weighted by molar-refractivity contribution is 0.146. The van der Waals surface area contributed by atoms with Gasteiger partial charge in [-0.15, -0.1) is 10.2 Å². The predicted octanol–water partition coefficient (Wildman–Crippen LogP) is 3.11. The molecule has 0 amide bonds. The first kappa shape index (κ1) is 15.3. The molecule has 0 N–H and O–H groups in total. The summed E-state index contributed by atoms with van der Waals surface area (Å²) >= 11 is 0. The number of nitrogens with zero attached hydrogens (tertiary/aromatic N) is 5. The molecule has 2 aromatic heterocycles. The van der Waals surface area contributed by atoms with Crippen molar-refractivity contribution < 1.29 is 13.2 Å². The summed E-state index contributed by atoms with van der Waals surface area (Å²) in [7, 11) is 1.85. The minimum atomic E-state index is -2.83. The third kappa shape index (κ3) is 2.96. The van der Waals surface area contributed by atoms with Gasteiger partial charge in [0.25, 0.3) is 6.43 Å². The van der Waals surface area contributed by atoms with Gasteiger partial charge in [0.2, 0.25) is 0 Å². The molecule has 0 aliphatic carbocycles. The van der Waals surface area contributed by atoms with Crippen LogP contribution in [0.15, 0.2) is 30.5 Å². The van der Waals surface area contributed by atoms with Gasteiger partial charge in [-0.25, -0.2) is 13.2 Å². The van der Waals surface area contributed by atoms with Crippen LogP contribution >= 0.6 is 0 Å². The van der Waals surface area contributed by atoms with Gasteiger partial charge in [0.05, 0.1) is 11.3 Å². The summed E-state index contributed by atoms with van der Waals surface area (Å²) in [6.07, 6.45) is -1.11. The maximum atomic E-state index is 13.7. The number of rotatable bonds is 4. The monoisotopic (exact) mass is 321 g/mol. The highest BCUT2D eigenvalue weighted by Gasteiger charge is 2.15. The molecular formula is C15H14F3N5. The molecule has 0 spiro atoms. The number of alkyl halides is 2. The first-order valence-corrected chi connectivity index (χ1v) is 6.92. The van der Waals surface area contributed by atoms with Gasteiger partial charge in [0.1, 0.15) is 18.2 Å². The molecule has 23 heavy (non-hydrogen) atoms. The fourth-order valence-corrected chi connectivity index (χ4v) is 2.20. The normalized spacial score (nSPS) is 11.4. The molecule has 3 aromatic rings. The standard InChI is InChI=1S/C15H14F3N5/c1-9-19-20-14(22(9)2)8-23-6-5-13(21-23)10-3-4-11(15(17)18)12(16)7-10/h3-7,15H,8H2,1-2H3. The molecule has 0 saturated heterocycles. The number of aryl methyl sites for hydroxylation is 1. The van der Waals surface area contributed by atoms with E-state index in [-0.39, 0.29) is 0 Å². The lowest BCUT2D eigenvalue weighted by Crippen LogP contribution is -2.07. The first-order chi connectivity index (χ1) is 11.0. The van der Waals surface area contributed by atoms with Crippen molar-refractivity contribution in [3.8, 4) is 11.3 Å². The zero-order valence-electron chi connectivity index (χ0n) is 12.5. The zero-order valence-corrected chi connectivity index (χ0v) is 12.5. The van der Waals surface area contributed by atoms with Crippen molar-refractivity contribution in [3.63, 3.8) is 0 Å². The first-order valence-electron chi connectivity index (χ1n) is 6.92. The molecule has 0 aliphatic heterocycles. The van der Waals surface area contributed by atoms with Crippen molar-refractivity contribution >= 4 is 0 Å². The van der Waals surface area contributed by atoms with E-state index in [1.54, 1.807) is 16.9 Å². The molecule has 0 unspecified atom stereocenters. The van der Waals surface area contributed by atoms with Gasteiger partial charge in [0, 0.05) is 18.8 Å². The van der Waals surface area contributed by atoms with E-state index in [0.717, 1.165) is 23.8 Å². The van der Waals surface area contributed by atoms with Crippen LogP contribution in [0, 0.1) is 12.7 Å². The minimum absolute atomic E-state index is 0.412. The third-order valence-electron chi connectivity index (χ3n) is 3.66. The van der Waals surface area contributed by atoms with Gasteiger partial charge in [-0.05, 0) is 25.1 Å². The van der Waals surface area contributed by atoms with Crippen molar-refractivity contribution in [3.05, 3.63) is 53.5 Å². The Morgan fingerprint density at radius 3 is 2.57 bits per heavy atom. The Kier molecular flexibility index (Phi) is 3.89. The second-order valence-corrected chi connectivity index (χ2v) is 5.16. The molecule has 1 aromatic carbocycles. The van der Waals surface area contributed by atoms with E-state index in [1.807, 2.05) is 18.5 Å². The summed E-state index contributed by atoms with van der Waals surface area (Å²) in [6.45, 7) is 2.26. The molecular weight excluding hydrogens is 307 g/mol. The highest BCUT2D eigenvalue weighted by atomic mass is 19.3. The predicted molar refractivity (Wildman–Crippen MR) is 77.4 cm³/mol. The smallest absolute Gasteiger partial charge is 0.266 e. The Morgan fingerprint density at radius 2 is 1.96 bits per heavy atom. The summed E-state index contributed by atoms with van der Waals surface area (Å²) in [5.74, 6) is 0.587. The summed E-state index contributed by atoms with van der Waals surface area (Å²) in [5, 5.41) is 12.3. The van der Waals surface area contributed by atoms with Crippen LogP contribution in [0.1, 0.15) is 23.6 Å². The van der Waals surface area contributed by atoms with Crippen LogP contribution in [-0.2, 0) is 13.6 Å². The van der Waals surface area contributed by atoms with E-state index in [1.165, 1.54) is 6.07 Å². The molecule has 0 fully saturated rings. The SMILES string of the molecule is Cc1nnc(Cn2ccc(-c3ccc(C(F)F)c(F)c3)n2)n1C. The molecule has 0 atom stereocenters. The van der Waals surface area contributed by atoms with Crippen molar-refractivity contribution in [1.29, 1.82) is 0 Å². The average Bonchev–Trinajstić information content (AvgIpc) is 3.09. The number of benzene rings is 1. The van der Waals surface area contributed by atoms with Crippen molar-refractivity contribution in [2.24, 2.45) is 7.05 Å². The molecule has 120 valence electrons. The van der Waals surface area contributed by atoms with Gasteiger partial charge in [-0.1, -0.05) is 6.07 Å². The van der Waals surface area contributed by atoms with E-state index in [4.69, 9.17) is 0 Å². The van der Waals surface area contributed by atoms with Crippen LogP contribution in [0.5, 0.6) is 0 Å². The van der Waals surface area contributed by atoms with Crippen molar-refractivity contribution in [1.82, 2.24) is 24.5 Å². The van der Waals surface area contributed by atoms with Crippen molar-refractivity contribution in [2.75, 3.05) is 0 Å². The van der Waals surface area contributed by atoms with Gasteiger partial charge in [-0.2, -0.15) is 5.10 Å². The van der Waals surface area contributed by atoms with Gasteiger partial charge in [0.15, 0.2) is 5.82 Å². The number of halogens is 3. The molecule has 0 radical (unpaired) electrons. The summed E-state index contributed by atoms with van der Waals surface area (Å²) in [6, 6.07) is 5.28. The highest BCUT2D eigenvalue weighted by Crippen LogP contribution is 2.26. The lowest BCUT2D eigenvalue weighted by Gasteiger charge is -2.04. The van der Waals surface area contributed by atoms with Gasteiger partial charge in [-0.3, -0.25) is 4.68 Å². The summed E-state index contributed by atoms with van der Waals surface area (Å²) in [4.78, 5) is 0. The number of aromatic nitrogens is 5. The minimum Gasteiger partial charge on any atom is -0.317 e. The Bertz CT molecular complexity index is 838. The molecule has 5 nitrogen and oxygen atoms in total. The number of hydrogen-bond acceptors (Lipinski definition) is 3. The molecule has 0 aliphatic rings. The quantitative estimate of drug-likeness (QED) is 0.742. The zero-order chi connectivity index (χ0) is 16.6. The van der Waals surface area contributed by atoms with E-state index in [9.17, 15) is 13.2 Å². The second-order valence-electron chi connectivity index (χ2n) is 5.16. The van der Waals surface area contributed by atoms with Crippen LogP contribution in [0.25, 0.3) is 11.3 Å². The fraction of sp³-hybridized carbons (Fsp3) is 0.267. The molecule has 0 saturated carbocycles. The maximum absolute atomic E-state index is 13.7. The van der Waals surface area contributed by atoms with Gasteiger partial charge < -0.3 is 4.57 Å². The second kappa shape index (κ2) is 5.86. The average molecular weight is 321 g/mol. The van der Waals surface area contributed by atoms with Crippen molar-refractivity contribution in [2.45, 2.75) is 19.9 Å². The maximum Gasteiger partial charge on any atom is 0.266 e. The van der Waals surface area contributed by atoms with Crippen LogP contribution < -0.4 is 0 Å². The Labute approximate surface area is 130 Å². The van der Waals surface area contributed by atoms with E-state index in [2.05, 4.69) is 15.3 Å². The topological polar surface area (TPSA) is 48.5 Å². The highest BCUT2D eigenvalue weighted by molar-refractivity contribution is 5.59. The number of hydrogen-bond donors (Lipinski definition) is 0. The van der Waals surface area contributed by atoms with E-state index in [0.29, 0.717) is 17.8 Å². The van der Waals surface area contributed by atoms with Crippen LogP contribution in [0.4, 0.5) is 13.2 Å². The third-order valence-corrected chi connectivity index (χ3v) is 3.66. The fourth-order valence-electron chi connectivity index (χ4n) is 2.20. The van der Waals surface area contributed by atoms with E-state index < -0.39 is 17.8 Å². The van der Waals surface area contributed by atoms with Crippen LogP contribution in [0.3, 0.4) is 0 Å². The summed E-state index contributed by atoms with van der Waals surface area (Å²) in [5.41, 5.74) is 0.339. The molecule has 0 bridgehead atoms. The van der Waals surface area contributed by atoms with Gasteiger partial charge >= 0.3 is 0 Å². The Balaban J connectivity index is 1.84. The Morgan fingerprint density at radius 1 is 1.17 bits per heavy atom.